The zero-order valence-electron chi connectivity index (χ0n) is 11.6. The van der Waals surface area contributed by atoms with Gasteiger partial charge in [-0.1, -0.05) is 34.6 Å². The quantitative estimate of drug-likeness (QED) is 0.441. The Morgan fingerprint density at radius 1 is 1.25 bits per heavy atom. The predicted octanol–water partition coefficient (Wildman–Crippen LogP) is 1.95. The molecule has 0 saturated heterocycles. The van der Waals surface area contributed by atoms with Gasteiger partial charge >= 0.3 is 0 Å². The molecule has 0 aromatic heterocycles. The minimum absolute atomic E-state index is 0.0667. The molecule has 0 saturated carbocycles. The third-order valence-electron chi connectivity index (χ3n) is 3.51. The average Bonchev–Trinajstić information content (AvgIpc) is 2.16. The Hall–Kier alpha value is -0.120. The van der Waals surface area contributed by atoms with Crippen molar-refractivity contribution in [2.75, 3.05) is 13.1 Å². The van der Waals surface area contributed by atoms with Crippen LogP contribution in [-0.4, -0.2) is 24.4 Å². The highest BCUT2D eigenvalue weighted by molar-refractivity contribution is 4.84. The third-order valence-corrected chi connectivity index (χ3v) is 3.51. The van der Waals surface area contributed by atoms with E-state index in [0.717, 1.165) is 19.4 Å². The van der Waals surface area contributed by atoms with Gasteiger partial charge in [0.1, 0.15) is 6.23 Å². The molecule has 2 unspecified atom stereocenters. The fraction of sp³-hybridized carbons (Fsp3) is 1.00. The summed E-state index contributed by atoms with van der Waals surface area (Å²) in [7, 11) is 0. The van der Waals surface area contributed by atoms with Crippen LogP contribution >= 0.6 is 0 Å². The minimum Gasteiger partial charge on any atom is -0.378 e. The Labute approximate surface area is 101 Å². The molecule has 0 aliphatic carbocycles. The first-order chi connectivity index (χ1) is 7.34. The summed E-state index contributed by atoms with van der Waals surface area (Å²) in [6.07, 6.45) is 1.50. The molecule has 2 atom stereocenters. The van der Waals surface area contributed by atoms with Crippen molar-refractivity contribution in [1.82, 2.24) is 5.32 Å². The molecule has 0 fully saturated rings. The fourth-order valence-electron chi connectivity index (χ4n) is 2.12. The number of hydrogen-bond acceptors (Lipinski definition) is 3. The van der Waals surface area contributed by atoms with Gasteiger partial charge in [-0.05, 0) is 37.8 Å². The van der Waals surface area contributed by atoms with E-state index in [-0.39, 0.29) is 5.41 Å². The van der Waals surface area contributed by atoms with Crippen LogP contribution in [0.25, 0.3) is 0 Å². The van der Waals surface area contributed by atoms with E-state index < -0.39 is 6.23 Å². The van der Waals surface area contributed by atoms with Gasteiger partial charge in [-0.2, -0.15) is 0 Å². The van der Waals surface area contributed by atoms with Crippen LogP contribution in [0, 0.1) is 17.3 Å². The van der Waals surface area contributed by atoms with Crippen LogP contribution in [0.3, 0.4) is 0 Å². The molecule has 4 N–H and O–H groups in total. The lowest BCUT2D eigenvalue weighted by Crippen LogP contribution is -2.47. The zero-order valence-corrected chi connectivity index (χ0v) is 11.6. The maximum Gasteiger partial charge on any atom is 0.110 e. The van der Waals surface area contributed by atoms with Crippen LogP contribution in [0.5, 0.6) is 0 Å². The lowest BCUT2D eigenvalue weighted by molar-refractivity contribution is -0.0336. The molecule has 98 valence electrons. The van der Waals surface area contributed by atoms with Gasteiger partial charge in [-0.15, -0.1) is 0 Å². The Kier molecular flexibility index (Phi) is 7.20. The lowest BCUT2D eigenvalue weighted by atomic mass is 9.72. The van der Waals surface area contributed by atoms with Gasteiger partial charge in [0.15, 0.2) is 0 Å². The predicted molar refractivity (Wildman–Crippen MR) is 70.1 cm³/mol. The van der Waals surface area contributed by atoms with Gasteiger partial charge in [-0.25, -0.2) is 0 Å². The monoisotopic (exact) mass is 230 g/mol. The normalized spacial score (nSPS) is 17.8. The summed E-state index contributed by atoms with van der Waals surface area (Å²) in [5, 5.41) is 13.4. The maximum atomic E-state index is 10.3. The van der Waals surface area contributed by atoms with Gasteiger partial charge < -0.3 is 10.8 Å². The minimum atomic E-state index is -0.443. The highest BCUT2D eigenvalue weighted by Crippen LogP contribution is 2.36. The molecule has 0 radical (unpaired) electrons. The standard InChI is InChI=1S/C13H30N2O/c1-10(2)9-13(5,11(3)4)12(16)15-8-6-7-14/h10-12,15-16H,6-9,14H2,1-5H3. The molecule has 0 spiro atoms. The summed E-state index contributed by atoms with van der Waals surface area (Å²) in [5.41, 5.74) is 5.38. The Morgan fingerprint density at radius 2 is 1.81 bits per heavy atom. The van der Waals surface area contributed by atoms with Crippen LogP contribution in [0.4, 0.5) is 0 Å². The number of rotatable bonds is 8. The molecule has 0 aliphatic rings. The molecule has 3 nitrogen and oxygen atoms in total. The van der Waals surface area contributed by atoms with E-state index in [4.69, 9.17) is 5.73 Å². The number of aliphatic hydroxyl groups excluding tert-OH is 1. The molecule has 0 amide bonds. The largest absolute Gasteiger partial charge is 0.378 e. The first-order valence-electron chi connectivity index (χ1n) is 6.46. The highest BCUT2D eigenvalue weighted by Gasteiger charge is 2.36. The van der Waals surface area contributed by atoms with Gasteiger partial charge in [-0.3, -0.25) is 5.32 Å². The second kappa shape index (κ2) is 7.25. The molecular weight excluding hydrogens is 200 g/mol. The highest BCUT2D eigenvalue weighted by atomic mass is 16.3. The number of hydrogen-bond donors (Lipinski definition) is 3. The van der Waals surface area contributed by atoms with Crippen molar-refractivity contribution in [1.29, 1.82) is 0 Å². The Balaban J connectivity index is 4.38. The topological polar surface area (TPSA) is 58.3 Å². The summed E-state index contributed by atoms with van der Waals surface area (Å²) in [6.45, 7) is 12.4. The van der Waals surface area contributed by atoms with Crippen molar-refractivity contribution in [3.05, 3.63) is 0 Å². The van der Waals surface area contributed by atoms with E-state index in [0.29, 0.717) is 18.4 Å². The molecule has 16 heavy (non-hydrogen) atoms. The van der Waals surface area contributed by atoms with Crippen molar-refractivity contribution in [3.8, 4) is 0 Å². The van der Waals surface area contributed by atoms with Crippen molar-refractivity contribution in [3.63, 3.8) is 0 Å². The second-order valence-electron chi connectivity index (χ2n) is 5.76. The average molecular weight is 230 g/mol. The first-order valence-corrected chi connectivity index (χ1v) is 6.46. The van der Waals surface area contributed by atoms with Gasteiger partial charge in [0, 0.05) is 5.41 Å². The van der Waals surface area contributed by atoms with Crippen LogP contribution in [0.15, 0.2) is 0 Å². The van der Waals surface area contributed by atoms with Gasteiger partial charge in [0.05, 0.1) is 0 Å². The Morgan fingerprint density at radius 3 is 2.19 bits per heavy atom. The smallest absolute Gasteiger partial charge is 0.110 e. The van der Waals surface area contributed by atoms with Crippen LogP contribution in [0.1, 0.15) is 47.5 Å². The van der Waals surface area contributed by atoms with E-state index in [1.807, 2.05) is 0 Å². The van der Waals surface area contributed by atoms with Crippen LogP contribution in [0.2, 0.25) is 0 Å². The summed E-state index contributed by atoms with van der Waals surface area (Å²) in [4.78, 5) is 0. The van der Waals surface area contributed by atoms with Gasteiger partial charge in [0.2, 0.25) is 0 Å². The van der Waals surface area contributed by atoms with Crippen molar-refractivity contribution >= 4 is 0 Å². The lowest BCUT2D eigenvalue weighted by Gasteiger charge is -2.40. The summed E-state index contributed by atoms with van der Waals surface area (Å²) < 4.78 is 0. The SMILES string of the molecule is CC(C)CC(C)(C(C)C)C(O)NCCCN. The number of aliphatic hydroxyl groups is 1. The van der Waals surface area contributed by atoms with E-state index in [2.05, 4.69) is 39.9 Å². The van der Waals surface area contributed by atoms with E-state index in [1.165, 1.54) is 0 Å². The number of nitrogens with two attached hydrogens (primary N) is 1. The molecule has 0 rings (SSSR count). The molecular formula is C13H30N2O. The molecule has 0 bridgehead atoms. The van der Waals surface area contributed by atoms with E-state index in [9.17, 15) is 5.11 Å². The van der Waals surface area contributed by atoms with Crippen molar-refractivity contribution < 1.29 is 5.11 Å². The second-order valence-corrected chi connectivity index (χ2v) is 5.76. The van der Waals surface area contributed by atoms with E-state index >= 15 is 0 Å². The number of nitrogens with one attached hydrogen (secondary N) is 1. The molecule has 0 aromatic carbocycles. The summed E-state index contributed by atoms with van der Waals surface area (Å²) in [6, 6.07) is 0. The third kappa shape index (κ3) is 4.81. The van der Waals surface area contributed by atoms with Gasteiger partial charge in [0.25, 0.3) is 0 Å². The molecule has 0 aromatic rings. The van der Waals surface area contributed by atoms with E-state index in [1.54, 1.807) is 0 Å². The Bertz CT molecular complexity index is 183. The fourth-order valence-corrected chi connectivity index (χ4v) is 2.12. The first kappa shape index (κ1) is 15.9. The summed E-state index contributed by atoms with van der Waals surface area (Å²) in [5.74, 6) is 1.05. The molecule has 0 aliphatic heterocycles. The van der Waals surface area contributed by atoms with Crippen molar-refractivity contribution in [2.24, 2.45) is 23.0 Å². The molecule has 3 heteroatoms. The van der Waals surface area contributed by atoms with Crippen LogP contribution in [-0.2, 0) is 0 Å². The zero-order chi connectivity index (χ0) is 12.8. The van der Waals surface area contributed by atoms with Crippen LogP contribution < -0.4 is 11.1 Å². The van der Waals surface area contributed by atoms with Crippen molar-refractivity contribution in [2.45, 2.75) is 53.7 Å². The maximum absolute atomic E-state index is 10.3. The molecule has 0 heterocycles. The summed E-state index contributed by atoms with van der Waals surface area (Å²) >= 11 is 0.